The quantitative estimate of drug-likeness (QED) is 0.781. The van der Waals surface area contributed by atoms with Crippen LogP contribution in [0.1, 0.15) is 56.2 Å². The highest BCUT2D eigenvalue weighted by molar-refractivity contribution is 5.74. The summed E-state index contributed by atoms with van der Waals surface area (Å²) in [6.45, 7) is 2.94. The van der Waals surface area contributed by atoms with Crippen molar-refractivity contribution in [3.05, 3.63) is 35.4 Å². The average Bonchev–Trinajstić information content (AvgIpc) is 2.44. The van der Waals surface area contributed by atoms with Gasteiger partial charge in [-0.05, 0) is 36.8 Å². The zero-order valence-electron chi connectivity index (χ0n) is 11.7. The summed E-state index contributed by atoms with van der Waals surface area (Å²) in [6.07, 6.45) is 6.74. The lowest BCUT2D eigenvalue weighted by atomic mass is 9.88. The normalized spacial score (nSPS) is 17.6. The predicted octanol–water partition coefficient (Wildman–Crippen LogP) is 3.55. The molecule has 0 saturated heterocycles. The van der Waals surface area contributed by atoms with Gasteiger partial charge in [-0.2, -0.15) is 0 Å². The van der Waals surface area contributed by atoms with Crippen molar-refractivity contribution in [3.63, 3.8) is 0 Å². The molecule has 2 amide bonds. The van der Waals surface area contributed by atoms with Crippen LogP contribution in [0.5, 0.6) is 0 Å². The number of hydrogen-bond donors (Lipinski definition) is 2. The molecule has 0 fully saturated rings. The molecule has 2 N–H and O–H groups in total. The Labute approximate surface area is 115 Å². The second kappa shape index (κ2) is 7.17. The number of carbonyl (C=O) groups is 1. The van der Waals surface area contributed by atoms with Crippen molar-refractivity contribution in [1.82, 2.24) is 10.6 Å². The maximum Gasteiger partial charge on any atom is 0.315 e. The van der Waals surface area contributed by atoms with Gasteiger partial charge < -0.3 is 10.6 Å². The van der Waals surface area contributed by atoms with Gasteiger partial charge in [0.2, 0.25) is 0 Å². The lowest BCUT2D eigenvalue weighted by molar-refractivity contribution is 0.235. The summed E-state index contributed by atoms with van der Waals surface area (Å²) in [6, 6.07) is 8.58. The van der Waals surface area contributed by atoms with Crippen molar-refractivity contribution in [3.8, 4) is 0 Å². The molecule has 1 aliphatic carbocycles. The molecular weight excluding hydrogens is 236 g/mol. The molecule has 1 atom stereocenters. The van der Waals surface area contributed by atoms with E-state index in [-0.39, 0.29) is 12.1 Å². The van der Waals surface area contributed by atoms with Crippen molar-refractivity contribution in [2.45, 2.75) is 51.5 Å². The van der Waals surface area contributed by atoms with Crippen molar-refractivity contribution < 1.29 is 4.79 Å². The third kappa shape index (κ3) is 3.98. The van der Waals surface area contributed by atoms with Crippen LogP contribution in [0.15, 0.2) is 24.3 Å². The third-order valence-electron chi connectivity index (χ3n) is 3.74. The summed E-state index contributed by atoms with van der Waals surface area (Å²) in [5.41, 5.74) is 2.67. The molecule has 0 spiro atoms. The van der Waals surface area contributed by atoms with Crippen LogP contribution < -0.4 is 10.6 Å². The Kier molecular flexibility index (Phi) is 5.25. The molecule has 0 heterocycles. The first-order chi connectivity index (χ1) is 9.31. The second-order valence-electron chi connectivity index (χ2n) is 5.25. The van der Waals surface area contributed by atoms with Crippen molar-refractivity contribution >= 4 is 6.03 Å². The molecule has 104 valence electrons. The number of urea groups is 1. The van der Waals surface area contributed by atoms with Gasteiger partial charge in [-0.1, -0.05) is 44.0 Å². The van der Waals surface area contributed by atoms with E-state index in [9.17, 15) is 4.79 Å². The van der Waals surface area contributed by atoms with E-state index >= 15 is 0 Å². The highest BCUT2D eigenvalue weighted by Crippen LogP contribution is 2.29. The summed E-state index contributed by atoms with van der Waals surface area (Å²) < 4.78 is 0. The van der Waals surface area contributed by atoms with Crippen LogP contribution >= 0.6 is 0 Å². The van der Waals surface area contributed by atoms with Crippen LogP contribution in [0.25, 0.3) is 0 Å². The molecule has 1 aromatic rings. The third-order valence-corrected chi connectivity index (χ3v) is 3.74. The Balaban J connectivity index is 1.85. The topological polar surface area (TPSA) is 41.1 Å². The van der Waals surface area contributed by atoms with Crippen molar-refractivity contribution in [2.24, 2.45) is 0 Å². The van der Waals surface area contributed by atoms with E-state index in [1.54, 1.807) is 0 Å². The van der Waals surface area contributed by atoms with Crippen LogP contribution in [0.2, 0.25) is 0 Å². The molecule has 3 heteroatoms. The van der Waals surface area contributed by atoms with E-state index in [0.717, 1.165) is 32.2 Å². The van der Waals surface area contributed by atoms with Gasteiger partial charge in [-0.15, -0.1) is 0 Å². The van der Waals surface area contributed by atoms with Crippen molar-refractivity contribution in [2.75, 3.05) is 6.54 Å². The van der Waals surface area contributed by atoms with Gasteiger partial charge >= 0.3 is 6.03 Å². The fourth-order valence-electron chi connectivity index (χ4n) is 2.69. The summed E-state index contributed by atoms with van der Waals surface area (Å²) >= 11 is 0. The Bertz CT molecular complexity index is 417. The maximum atomic E-state index is 11.9. The smallest absolute Gasteiger partial charge is 0.315 e. The van der Waals surface area contributed by atoms with Crippen LogP contribution in [-0.4, -0.2) is 12.6 Å². The number of nitrogens with one attached hydrogen (secondary N) is 2. The first-order valence-electron chi connectivity index (χ1n) is 7.43. The maximum absolute atomic E-state index is 11.9. The van der Waals surface area contributed by atoms with Gasteiger partial charge in [0.1, 0.15) is 0 Å². The Morgan fingerprint density at radius 3 is 3.00 bits per heavy atom. The van der Waals surface area contributed by atoms with Crippen LogP contribution in [-0.2, 0) is 6.42 Å². The number of carbonyl (C=O) groups excluding carboxylic acids is 1. The number of aryl methyl sites for hydroxylation is 1. The molecule has 0 aromatic heterocycles. The fraction of sp³-hybridized carbons (Fsp3) is 0.562. The van der Waals surface area contributed by atoms with Crippen molar-refractivity contribution in [1.29, 1.82) is 0 Å². The van der Waals surface area contributed by atoms with Crippen LogP contribution in [0.3, 0.4) is 0 Å². The van der Waals surface area contributed by atoms with Gasteiger partial charge in [0.05, 0.1) is 6.04 Å². The van der Waals surface area contributed by atoms with Gasteiger partial charge in [-0.25, -0.2) is 4.79 Å². The fourth-order valence-corrected chi connectivity index (χ4v) is 2.69. The van der Waals surface area contributed by atoms with E-state index in [2.05, 4.69) is 41.8 Å². The van der Waals surface area contributed by atoms with E-state index < -0.39 is 0 Å². The summed E-state index contributed by atoms with van der Waals surface area (Å²) in [7, 11) is 0. The SMILES string of the molecule is CCCCCNC(=O)NC1CCCc2ccccc21. The summed E-state index contributed by atoms with van der Waals surface area (Å²) in [4.78, 5) is 11.9. The molecular formula is C16H24N2O. The second-order valence-corrected chi connectivity index (χ2v) is 5.25. The number of amides is 2. The van der Waals surface area contributed by atoms with Crippen LogP contribution in [0, 0.1) is 0 Å². The average molecular weight is 260 g/mol. The van der Waals surface area contributed by atoms with Crippen LogP contribution in [0.4, 0.5) is 4.79 Å². The first-order valence-corrected chi connectivity index (χ1v) is 7.43. The number of fused-ring (bicyclic) bond motifs is 1. The lowest BCUT2D eigenvalue weighted by Crippen LogP contribution is -2.39. The zero-order chi connectivity index (χ0) is 13.5. The molecule has 1 aromatic carbocycles. The summed E-state index contributed by atoms with van der Waals surface area (Å²) in [5, 5.41) is 6.05. The zero-order valence-corrected chi connectivity index (χ0v) is 11.7. The first kappa shape index (κ1) is 13.9. The number of rotatable bonds is 5. The standard InChI is InChI=1S/C16H24N2O/c1-2-3-6-12-17-16(19)18-15-11-7-9-13-8-4-5-10-14(13)15/h4-5,8,10,15H,2-3,6-7,9,11-12H2,1H3,(H2,17,18,19). The molecule has 3 nitrogen and oxygen atoms in total. The van der Waals surface area contributed by atoms with Gasteiger partial charge in [0, 0.05) is 6.54 Å². The van der Waals surface area contributed by atoms with Gasteiger partial charge in [0.15, 0.2) is 0 Å². The molecule has 1 unspecified atom stereocenters. The monoisotopic (exact) mass is 260 g/mol. The Hall–Kier alpha value is -1.51. The molecule has 1 aliphatic rings. The van der Waals surface area contributed by atoms with Gasteiger partial charge in [-0.3, -0.25) is 0 Å². The number of hydrogen-bond acceptors (Lipinski definition) is 1. The highest BCUT2D eigenvalue weighted by atomic mass is 16.2. The number of unbranched alkanes of at least 4 members (excludes halogenated alkanes) is 2. The largest absolute Gasteiger partial charge is 0.338 e. The molecule has 19 heavy (non-hydrogen) atoms. The molecule has 0 bridgehead atoms. The molecule has 0 aliphatic heterocycles. The Morgan fingerprint density at radius 1 is 1.32 bits per heavy atom. The minimum Gasteiger partial charge on any atom is -0.338 e. The molecule has 0 radical (unpaired) electrons. The molecule has 2 rings (SSSR count). The summed E-state index contributed by atoms with van der Waals surface area (Å²) in [5.74, 6) is 0. The van der Waals surface area contributed by atoms with E-state index in [0.29, 0.717) is 0 Å². The highest BCUT2D eigenvalue weighted by Gasteiger charge is 2.20. The van der Waals surface area contributed by atoms with Gasteiger partial charge in [0.25, 0.3) is 0 Å². The Morgan fingerprint density at radius 2 is 2.16 bits per heavy atom. The minimum absolute atomic E-state index is 0.0298. The van der Waals surface area contributed by atoms with E-state index in [4.69, 9.17) is 0 Å². The molecule has 0 saturated carbocycles. The van der Waals surface area contributed by atoms with E-state index in [1.807, 2.05) is 0 Å². The lowest BCUT2D eigenvalue weighted by Gasteiger charge is -2.26. The number of benzene rings is 1. The van der Waals surface area contributed by atoms with E-state index in [1.165, 1.54) is 24.0 Å². The predicted molar refractivity (Wildman–Crippen MR) is 78.2 cm³/mol. The minimum atomic E-state index is -0.0298.